The maximum Gasteiger partial charge on any atom is 0.254 e. The summed E-state index contributed by atoms with van der Waals surface area (Å²) >= 11 is 0. The molecule has 36 heavy (non-hydrogen) atoms. The zero-order valence-electron chi connectivity index (χ0n) is 20.7. The second-order valence-electron chi connectivity index (χ2n) is 9.50. The number of fused-ring (bicyclic) bond motifs is 1. The van der Waals surface area contributed by atoms with Gasteiger partial charge in [-0.3, -0.25) is 9.59 Å². The highest BCUT2D eigenvalue weighted by Crippen LogP contribution is 2.32. The maximum absolute atomic E-state index is 13.7. The molecular formula is C31H31N3O2. The number of aromatic nitrogens is 1. The van der Waals surface area contributed by atoms with Gasteiger partial charge in [-0.15, -0.1) is 0 Å². The van der Waals surface area contributed by atoms with E-state index in [1.54, 1.807) is 4.90 Å². The average Bonchev–Trinajstić information content (AvgIpc) is 3.40. The van der Waals surface area contributed by atoms with Gasteiger partial charge in [0.1, 0.15) is 6.54 Å². The van der Waals surface area contributed by atoms with Crippen molar-refractivity contribution in [2.75, 3.05) is 13.1 Å². The number of hydrogen-bond donors (Lipinski definition) is 0. The average molecular weight is 478 g/mol. The van der Waals surface area contributed by atoms with Gasteiger partial charge >= 0.3 is 0 Å². The number of carbonyl (C=O) groups is 2. The summed E-state index contributed by atoms with van der Waals surface area (Å²) in [5.41, 5.74) is 4.92. The smallest absolute Gasteiger partial charge is 0.254 e. The molecule has 5 heteroatoms. The van der Waals surface area contributed by atoms with Crippen LogP contribution in [0.15, 0.2) is 103 Å². The predicted octanol–water partition coefficient (Wildman–Crippen LogP) is 5.64. The second kappa shape index (κ2) is 10.2. The van der Waals surface area contributed by atoms with Gasteiger partial charge < -0.3 is 14.4 Å². The minimum absolute atomic E-state index is 0.0424. The molecule has 182 valence electrons. The summed E-state index contributed by atoms with van der Waals surface area (Å²) in [7, 11) is 0. The lowest BCUT2D eigenvalue weighted by Crippen LogP contribution is -2.49. The van der Waals surface area contributed by atoms with E-state index in [0.29, 0.717) is 12.1 Å². The van der Waals surface area contributed by atoms with Crippen molar-refractivity contribution in [1.29, 1.82) is 0 Å². The van der Waals surface area contributed by atoms with E-state index in [9.17, 15) is 9.59 Å². The number of carbonyl (C=O) groups excluding carboxylic acids is 2. The highest BCUT2D eigenvalue weighted by molar-refractivity contribution is 5.97. The largest absolute Gasteiger partial charge is 0.348 e. The van der Waals surface area contributed by atoms with Crippen molar-refractivity contribution < 1.29 is 9.59 Å². The van der Waals surface area contributed by atoms with E-state index < -0.39 is 0 Å². The van der Waals surface area contributed by atoms with Crippen LogP contribution < -0.4 is 0 Å². The number of amides is 2. The Hall–Kier alpha value is -4.12. The Labute approximate surface area is 212 Å². The molecule has 0 bridgehead atoms. The molecule has 0 radical (unpaired) electrons. The minimum atomic E-state index is -0.170. The lowest BCUT2D eigenvalue weighted by atomic mass is 9.99. The van der Waals surface area contributed by atoms with Crippen molar-refractivity contribution in [3.8, 4) is 11.1 Å². The highest BCUT2D eigenvalue weighted by atomic mass is 16.2. The van der Waals surface area contributed by atoms with E-state index in [1.807, 2.05) is 97.6 Å². The molecule has 0 spiro atoms. The molecule has 0 saturated heterocycles. The van der Waals surface area contributed by atoms with Crippen LogP contribution in [0, 0.1) is 0 Å². The van der Waals surface area contributed by atoms with Gasteiger partial charge in [0, 0.05) is 36.6 Å². The molecule has 0 N–H and O–H groups in total. The fraction of sp³-hybridized carbons (Fsp3) is 0.226. The van der Waals surface area contributed by atoms with Crippen molar-refractivity contribution in [2.45, 2.75) is 32.5 Å². The van der Waals surface area contributed by atoms with Crippen LogP contribution in [0.4, 0.5) is 0 Å². The first kappa shape index (κ1) is 23.6. The van der Waals surface area contributed by atoms with E-state index >= 15 is 0 Å². The summed E-state index contributed by atoms with van der Waals surface area (Å²) < 4.78 is 2.21. The molecule has 5 nitrogen and oxygen atoms in total. The van der Waals surface area contributed by atoms with Gasteiger partial charge in [0.2, 0.25) is 5.91 Å². The van der Waals surface area contributed by atoms with E-state index in [4.69, 9.17) is 0 Å². The van der Waals surface area contributed by atoms with Crippen LogP contribution in [-0.2, 0) is 11.3 Å². The molecule has 3 aromatic carbocycles. The van der Waals surface area contributed by atoms with Crippen molar-refractivity contribution in [1.82, 2.24) is 14.4 Å². The Kier molecular flexibility index (Phi) is 6.72. The lowest BCUT2D eigenvalue weighted by Gasteiger charge is -2.39. The molecule has 1 aromatic heterocycles. The molecule has 1 atom stereocenters. The molecule has 0 fully saturated rings. The number of hydrogen-bond acceptors (Lipinski definition) is 2. The molecule has 4 aromatic rings. The van der Waals surface area contributed by atoms with Gasteiger partial charge in [0.25, 0.3) is 5.91 Å². The molecule has 1 aliphatic heterocycles. The Bertz CT molecular complexity index is 1330. The minimum Gasteiger partial charge on any atom is -0.348 e. The summed E-state index contributed by atoms with van der Waals surface area (Å²) in [4.78, 5) is 30.8. The Morgan fingerprint density at radius 1 is 0.806 bits per heavy atom. The zero-order valence-corrected chi connectivity index (χ0v) is 20.7. The lowest BCUT2D eigenvalue weighted by molar-refractivity contribution is -0.135. The predicted molar refractivity (Wildman–Crippen MR) is 142 cm³/mol. The molecule has 2 amide bonds. The standard InChI is InChI=1S/C31H31N3O2/c1-23(2)34(31(36)27-17-15-25(16-18-27)24-10-5-3-6-11-24)22-29(35)33-21-20-32-19-9-14-28(32)30(33)26-12-7-4-8-13-26/h3-19,23,30H,20-22H2,1-2H3. The van der Waals surface area contributed by atoms with Crippen LogP contribution >= 0.6 is 0 Å². The Morgan fingerprint density at radius 3 is 2.11 bits per heavy atom. The van der Waals surface area contributed by atoms with Crippen molar-refractivity contribution >= 4 is 11.8 Å². The summed E-state index contributed by atoms with van der Waals surface area (Å²) in [5.74, 6) is -0.172. The van der Waals surface area contributed by atoms with E-state index in [-0.39, 0.29) is 30.4 Å². The number of rotatable bonds is 6. The Morgan fingerprint density at radius 2 is 1.44 bits per heavy atom. The molecule has 2 heterocycles. The van der Waals surface area contributed by atoms with Gasteiger partial charge in [-0.1, -0.05) is 72.8 Å². The van der Waals surface area contributed by atoms with Gasteiger partial charge in [0.05, 0.1) is 6.04 Å². The van der Waals surface area contributed by atoms with Crippen LogP contribution in [-0.4, -0.2) is 45.3 Å². The van der Waals surface area contributed by atoms with Crippen LogP contribution in [0.5, 0.6) is 0 Å². The number of benzene rings is 3. The van der Waals surface area contributed by atoms with E-state index in [0.717, 1.165) is 28.9 Å². The first-order chi connectivity index (χ1) is 17.5. The Balaban J connectivity index is 1.37. The first-order valence-corrected chi connectivity index (χ1v) is 12.5. The third-order valence-electron chi connectivity index (χ3n) is 6.90. The van der Waals surface area contributed by atoms with Gasteiger partial charge in [-0.2, -0.15) is 0 Å². The molecule has 1 aliphatic rings. The molecule has 1 unspecified atom stereocenters. The van der Waals surface area contributed by atoms with Crippen molar-refractivity contribution in [3.05, 3.63) is 120 Å². The third-order valence-corrected chi connectivity index (χ3v) is 6.90. The van der Waals surface area contributed by atoms with Crippen LogP contribution in [0.3, 0.4) is 0 Å². The van der Waals surface area contributed by atoms with Gasteiger partial charge in [0.15, 0.2) is 0 Å². The topological polar surface area (TPSA) is 45.6 Å². The maximum atomic E-state index is 13.7. The fourth-order valence-electron chi connectivity index (χ4n) is 4.97. The summed E-state index contributed by atoms with van der Waals surface area (Å²) in [6, 6.07) is 31.7. The molecular weight excluding hydrogens is 446 g/mol. The number of nitrogens with zero attached hydrogens (tertiary/aromatic N) is 3. The van der Waals surface area contributed by atoms with Crippen LogP contribution in [0.1, 0.15) is 41.5 Å². The molecule has 0 saturated carbocycles. The normalized spacial score (nSPS) is 15.0. The SMILES string of the molecule is CC(C)N(CC(=O)N1CCn2cccc2C1c1ccccc1)C(=O)c1ccc(-c2ccccc2)cc1. The van der Waals surface area contributed by atoms with E-state index in [1.165, 1.54) is 0 Å². The van der Waals surface area contributed by atoms with Crippen LogP contribution in [0.2, 0.25) is 0 Å². The second-order valence-corrected chi connectivity index (χ2v) is 9.50. The summed E-state index contributed by atoms with van der Waals surface area (Å²) in [6.45, 7) is 5.31. The quantitative estimate of drug-likeness (QED) is 0.361. The summed E-state index contributed by atoms with van der Waals surface area (Å²) in [6.07, 6.45) is 2.07. The fourth-order valence-corrected chi connectivity index (χ4v) is 4.97. The summed E-state index contributed by atoms with van der Waals surface area (Å²) in [5, 5.41) is 0. The van der Waals surface area contributed by atoms with Crippen molar-refractivity contribution in [3.63, 3.8) is 0 Å². The highest BCUT2D eigenvalue weighted by Gasteiger charge is 2.34. The van der Waals surface area contributed by atoms with Crippen molar-refractivity contribution in [2.24, 2.45) is 0 Å². The van der Waals surface area contributed by atoms with Gasteiger partial charge in [-0.25, -0.2) is 0 Å². The monoisotopic (exact) mass is 477 g/mol. The van der Waals surface area contributed by atoms with Crippen LogP contribution in [0.25, 0.3) is 11.1 Å². The zero-order chi connectivity index (χ0) is 25.1. The van der Waals surface area contributed by atoms with E-state index in [2.05, 4.69) is 29.0 Å². The van der Waals surface area contributed by atoms with Gasteiger partial charge in [-0.05, 0) is 54.8 Å². The third kappa shape index (κ3) is 4.69. The molecule has 0 aliphatic carbocycles. The molecule has 5 rings (SSSR count). The first-order valence-electron chi connectivity index (χ1n) is 12.5.